The molecule has 1 aliphatic rings. The van der Waals surface area contributed by atoms with E-state index in [-0.39, 0.29) is 24.6 Å². The minimum Gasteiger partial charge on any atom is -0.505 e. The maximum atomic E-state index is 13.7. The first-order valence-corrected chi connectivity index (χ1v) is 9.20. The number of phenolic OH excluding ortho intramolecular Hbond substituents is 1. The van der Waals surface area contributed by atoms with E-state index in [4.69, 9.17) is 4.74 Å². The summed E-state index contributed by atoms with van der Waals surface area (Å²) in [5.74, 6) is 3.98. The average Bonchev–Trinajstić information content (AvgIpc) is 3.06. The van der Waals surface area contributed by atoms with Crippen molar-refractivity contribution in [1.29, 1.82) is 0 Å². The van der Waals surface area contributed by atoms with Gasteiger partial charge in [-0.05, 0) is 34.4 Å². The Kier molecular flexibility index (Phi) is 5.17. The molecule has 4 rings (SSSR count). The lowest BCUT2D eigenvalue weighted by Crippen LogP contribution is -2.26. The Morgan fingerprint density at radius 3 is 2.34 bits per heavy atom. The van der Waals surface area contributed by atoms with Crippen molar-refractivity contribution in [1.82, 2.24) is 5.32 Å². The molecule has 4 nitrogen and oxygen atoms in total. The Balaban J connectivity index is 1.36. The predicted octanol–water partition coefficient (Wildman–Crippen LogP) is 4.42. The molecule has 0 unspecified atom stereocenters. The Bertz CT molecular complexity index is 1080. The van der Waals surface area contributed by atoms with Crippen LogP contribution in [-0.4, -0.2) is 24.4 Å². The van der Waals surface area contributed by atoms with Gasteiger partial charge >= 0.3 is 6.09 Å². The summed E-state index contributed by atoms with van der Waals surface area (Å²) in [4.78, 5) is 12.0. The second kappa shape index (κ2) is 8.07. The lowest BCUT2D eigenvalue weighted by atomic mass is 9.98. The number of carbonyl (C=O) groups excluding carboxylic acids is 1. The number of alkyl carbamates (subject to hydrolysis) is 1. The molecule has 0 heterocycles. The molecule has 1 aliphatic carbocycles. The van der Waals surface area contributed by atoms with Crippen LogP contribution in [0, 0.1) is 17.7 Å². The summed E-state index contributed by atoms with van der Waals surface area (Å²) in [7, 11) is 0. The predicted molar refractivity (Wildman–Crippen MR) is 108 cm³/mol. The van der Waals surface area contributed by atoms with E-state index in [1.807, 2.05) is 24.3 Å². The van der Waals surface area contributed by atoms with Crippen LogP contribution in [0.25, 0.3) is 11.1 Å². The molecule has 144 valence electrons. The van der Waals surface area contributed by atoms with E-state index >= 15 is 0 Å². The first-order chi connectivity index (χ1) is 14.1. The number of fused-ring (bicyclic) bond motifs is 3. The molecule has 29 heavy (non-hydrogen) atoms. The molecule has 0 radical (unpaired) electrons. The molecule has 0 aliphatic heterocycles. The van der Waals surface area contributed by atoms with Crippen molar-refractivity contribution in [2.45, 2.75) is 5.92 Å². The molecule has 3 aromatic rings. The number of benzene rings is 3. The lowest BCUT2D eigenvalue weighted by molar-refractivity contribution is 0.144. The van der Waals surface area contributed by atoms with Gasteiger partial charge in [-0.3, -0.25) is 0 Å². The van der Waals surface area contributed by atoms with Gasteiger partial charge in [-0.25, -0.2) is 9.18 Å². The van der Waals surface area contributed by atoms with E-state index in [0.717, 1.165) is 22.3 Å². The van der Waals surface area contributed by atoms with Crippen molar-refractivity contribution in [3.05, 3.63) is 89.2 Å². The maximum Gasteiger partial charge on any atom is 0.407 e. The van der Waals surface area contributed by atoms with Crippen molar-refractivity contribution in [2.24, 2.45) is 0 Å². The molecule has 2 N–H and O–H groups in total. The number of carbonyl (C=O) groups is 1. The fourth-order valence-corrected chi connectivity index (χ4v) is 3.52. The molecule has 0 bridgehead atoms. The van der Waals surface area contributed by atoms with Crippen molar-refractivity contribution < 1.29 is 19.0 Å². The Morgan fingerprint density at radius 1 is 1.00 bits per heavy atom. The number of ether oxygens (including phenoxy) is 1. The van der Waals surface area contributed by atoms with Gasteiger partial charge in [-0.1, -0.05) is 66.4 Å². The fourth-order valence-electron chi connectivity index (χ4n) is 3.52. The summed E-state index contributed by atoms with van der Waals surface area (Å²) in [5, 5.41) is 11.9. The third-order valence-electron chi connectivity index (χ3n) is 4.87. The number of amides is 1. The monoisotopic (exact) mass is 387 g/mol. The maximum absolute atomic E-state index is 13.7. The van der Waals surface area contributed by atoms with Gasteiger partial charge < -0.3 is 15.2 Å². The minimum atomic E-state index is -0.777. The van der Waals surface area contributed by atoms with Crippen LogP contribution in [0.5, 0.6) is 5.75 Å². The van der Waals surface area contributed by atoms with Crippen LogP contribution < -0.4 is 5.32 Å². The van der Waals surface area contributed by atoms with E-state index in [1.54, 1.807) is 0 Å². The van der Waals surface area contributed by atoms with Crippen LogP contribution in [0.3, 0.4) is 0 Å². The lowest BCUT2D eigenvalue weighted by Gasteiger charge is -2.14. The standard InChI is InChI=1S/C24H18FNO3/c25-23-16(7-5-13-22(23)27)8-6-14-26-24(28)29-15-21-19-11-3-1-9-17(19)18-10-2-4-12-20(18)21/h1-5,7,9-13,21,27H,14-15H2,(H,26,28). The third-order valence-corrected chi connectivity index (χ3v) is 4.87. The normalized spacial score (nSPS) is 11.8. The van der Waals surface area contributed by atoms with Crippen LogP contribution in [0.15, 0.2) is 66.7 Å². The molecule has 0 fully saturated rings. The van der Waals surface area contributed by atoms with Crippen LogP contribution in [-0.2, 0) is 4.74 Å². The van der Waals surface area contributed by atoms with Crippen molar-refractivity contribution in [3.8, 4) is 28.7 Å². The molecule has 0 spiro atoms. The van der Waals surface area contributed by atoms with Gasteiger partial charge in [-0.2, -0.15) is 0 Å². The van der Waals surface area contributed by atoms with E-state index in [2.05, 4.69) is 41.4 Å². The molecule has 1 amide bonds. The minimum absolute atomic E-state index is 0.00572. The topological polar surface area (TPSA) is 58.6 Å². The Hall–Kier alpha value is -3.78. The summed E-state index contributed by atoms with van der Waals surface area (Å²) in [6.07, 6.45) is -0.586. The van der Waals surface area contributed by atoms with Crippen LogP contribution >= 0.6 is 0 Å². The SMILES string of the molecule is O=C(NCC#Cc1cccc(O)c1F)OCC1c2ccccc2-c2ccccc21. The Labute approximate surface area is 168 Å². The molecule has 0 aromatic heterocycles. The number of nitrogens with one attached hydrogen (secondary N) is 1. The van der Waals surface area contributed by atoms with E-state index in [0.29, 0.717) is 0 Å². The molecule has 0 saturated heterocycles. The second-order valence-electron chi connectivity index (χ2n) is 6.62. The number of halogens is 1. The van der Waals surface area contributed by atoms with E-state index in [9.17, 15) is 14.3 Å². The molecular formula is C24H18FNO3. The number of phenols is 1. The van der Waals surface area contributed by atoms with Crippen molar-refractivity contribution in [3.63, 3.8) is 0 Å². The summed E-state index contributed by atoms with van der Waals surface area (Å²) in [5.41, 5.74) is 4.67. The summed E-state index contributed by atoms with van der Waals surface area (Å²) >= 11 is 0. The van der Waals surface area contributed by atoms with E-state index < -0.39 is 17.7 Å². The van der Waals surface area contributed by atoms with Crippen LogP contribution in [0.2, 0.25) is 0 Å². The first kappa shape index (κ1) is 18.6. The highest BCUT2D eigenvalue weighted by molar-refractivity contribution is 5.79. The smallest absolute Gasteiger partial charge is 0.407 e. The van der Waals surface area contributed by atoms with Gasteiger partial charge in [0.2, 0.25) is 0 Å². The van der Waals surface area contributed by atoms with Crippen LogP contribution in [0.4, 0.5) is 9.18 Å². The average molecular weight is 387 g/mol. The van der Waals surface area contributed by atoms with Gasteiger partial charge in [-0.15, -0.1) is 0 Å². The number of hydrogen-bond acceptors (Lipinski definition) is 3. The molecule has 5 heteroatoms. The zero-order chi connectivity index (χ0) is 20.2. The zero-order valence-electron chi connectivity index (χ0n) is 15.5. The van der Waals surface area contributed by atoms with Crippen molar-refractivity contribution >= 4 is 6.09 Å². The molecule has 3 aromatic carbocycles. The Morgan fingerprint density at radius 2 is 1.66 bits per heavy atom. The number of aromatic hydroxyl groups is 1. The van der Waals surface area contributed by atoms with Gasteiger partial charge in [0.15, 0.2) is 11.6 Å². The van der Waals surface area contributed by atoms with Crippen molar-refractivity contribution in [2.75, 3.05) is 13.2 Å². The van der Waals surface area contributed by atoms with Gasteiger partial charge in [0.25, 0.3) is 0 Å². The first-order valence-electron chi connectivity index (χ1n) is 9.20. The molecular weight excluding hydrogens is 369 g/mol. The van der Waals surface area contributed by atoms with Gasteiger partial charge in [0.05, 0.1) is 12.1 Å². The zero-order valence-corrected chi connectivity index (χ0v) is 15.5. The third kappa shape index (κ3) is 3.78. The highest BCUT2D eigenvalue weighted by Gasteiger charge is 2.28. The summed E-state index contributed by atoms with van der Waals surface area (Å²) in [6, 6.07) is 20.4. The summed E-state index contributed by atoms with van der Waals surface area (Å²) in [6.45, 7) is 0.222. The highest BCUT2D eigenvalue weighted by Crippen LogP contribution is 2.44. The van der Waals surface area contributed by atoms with Crippen LogP contribution in [0.1, 0.15) is 22.6 Å². The quantitative estimate of drug-likeness (QED) is 0.654. The largest absolute Gasteiger partial charge is 0.505 e. The van der Waals surface area contributed by atoms with Gasteiger partial charge in [0.1, 0.15) is 6.61 Å². The second-order valence-corrected chi connectivity index (χ2v) is 6.62. The summed E-state index contributed by atoms with van der Waals surface area (Å²) < 4.78 is 19.1. The van der Waals surface area contributed by atoms with E-state index in [1.165, 1.54) is 18.2 Å². The van der Waals surface area contributed by atoms with Gasteiger partial charge in [0, 0.05) is 5.92 Å². The molecule has 0 saturated carbocycles. The number of hydrogen-bond donors (Lipinski definition) is 2. The number of rotatable bonds is 3. The highest BCUT2D eigenvalue weighted by atomic mass is 19.1. The fraction of sp³-hybridized carbons (Fsp3) is 0.125. The molecule has 0 atom stereocenters.